The number of benzene rings is 1. The van der Waals surface area contributed by atoms with E-state index in [2.05, 4.69) is 15.3 Å². The summed E-state index contributed by atoms with van der Waals surface area (Å²) in [6, 6.07) is 14.2. The Bertz CT molecular complexity index is 835. The van der Waals surface area contributed by atoms with Crippen LogP contribution in [0, 0.1) is 11.3 Å². The lowest BCUT2D eigenvalue weighted by Crippen LogP contribution is -2.12. The minimum atomic E-state index is -0.289. The summed E-state index contributed by atoms with van der Waals surface area (Å²) in [5.41, 5.74) is 2.25. The molecule has 1 aromatic carbocycles. The van der Waals surface area contributed by atoms with E-state index in [-0.39, 0.29) is 5.91 Å². The molecule has 0 aliphatic rings. The summed E-state index contributed by atoms with van der Waals surface area (Å²) < 4.78 is 0. The van der Waals surface area contributed by atoms with E-state index in [1.807, 2.05) is 24.3 Å². The fourth-order valence-corrected chi connectivity index (χ4v) is 2.58. The van der Waals surface area contributed by atoms with E-state index in [0.29, 0.717) is 22.0 Å². The Labute approximate surface area is 130 Å². The first-order chi connectivity index (χ1) is 10.8. The maximum absolute atomic E-state index is 12.2. The molecule has 2 heterocycles. The van der Waals surface area contributed by atoms with Crippen LogP contribution in [0.15, 0.2) is 54.0 Å². The molecule has 3 rings (SSSR count). The molecule has 106 valence electrons. The van der Waals surface area contributed by atoms with Crippen molar-refractivity contribution in [1.82, 2.24) is 9.97 Å². The van der Waals surface area contributed by atoms with Gasteiger partial charge >= 0.3 is 0 Å². The third kappa shape index (κ3) is 3.00. The van der Waals surface area contributed by atoms with Gasteiger partial charge in [0.1, 0.15) is 10.7 Å². The number of nitrogens with zero attached hydrogens (tertiary/aromatic N) is 3. The molecular formula is C16H10N4OS. The summed E-state index contributed by atoms with van der Waals surface area (Å²) in [4.78, 5) is 20.7. The summed E-state index contributed by atoms with van der Waals surface area (Å²) in [5, 5.41) is 13.9. The Morgan fingerprint density at radius 3 is 2.68 bits per heavy atom. The molecule has 6 heteroatoms. The fraction of sp³-hybridized carbons (Fsp3) is 0. The maximum atomic E-state index is 12.2. The van der Waals surface area contributed by atoms with Gasteiger partial charge in [-0.2, -0.15) is 5.26 Å². The van der Waals surface area contributed by atoms with Crippen molar-refractivity contribution in [3.8, 4) is 16.8 Å². The minimum Gasteiger partial charge on any atom is -0.321 e. The fourth-order valence-electron chi connectivity index (χ4n) is 1.81. The third-order valence-electron chi connectivity index (χ3n) is 2.89. The number of amides is 1. The number of nitrogens with one attached hydrogen (secondary N) is 1. The molecule has 0 aliphatic heterocycles. The predicted molar refractivity (Wildman–Crippen MR) is 84.5 cm³/mol. The average molecular weight is 306 g/mol. The second-order valence-electron chi connectivity index (χ2n) is 4.40. The molecule has 0 fully saturated rings. The van der Waals surface area contributed by atoms with Gasteiger partial charge in [-0.15, -0.1) is 11.3 Å². The number of thiazole rings is 1. The molecule has 0 saturated carbocycles. The molecule has 1 amide bonds. The topological polar surface area (TPSA) is 78.7 Å². The van der Waals surface area contributed by atoms with E-state index in [4.69, 9.17) is 5.26 Å². The van der Waals surface area contributed by atoms with Gasteiger partial charge in [0.15, 0.2) is 0 Å². The lowest BCUT2D eigenvalue weighted by Gasteiger charge is -2.02. The lowest BCUT2D eigenvalue weighted by atomic mass is 10.2. The molecule has 0 atom stereocenters. The van der Waals surface area contributed by atoms with Crippen LogP contribution in [0.25, 0.3) is 10.7 Å². The number of anilines is 1. The van der Waals surface area contributed by atoms with Crippen molar-refractivity contribution in [1.29, 1.82) is 5.26 Å². The molecule has 3 aromatic rings. The maximum Gasteiger partial charge on any atom is 0.275 e. The van der Waals surface area contributed by atoms with Crippen molar-refractivity contribution in [3.05, 3.63) is 65.3 Å². The van der Waals surface area contributed by atoms with Crippen molar-refractivity contribution in [2.75, 3.05) is 5.32 Å². The molecule has 0 aliphatic carbocycles. The summed E-state index contributed by atoms with van der Waals surface area (Å²) >= 11 is 1.37. The number of pyridine rings is 1. The second-order valence-corrected chi connectivity index (χ2v) is 5.25. The van der Waals surface area contributed by atoms with Crippen molar-refractivity contribution >= 4 is 22.9 Å². The second kappa shape index (κ2) is 6.16. The lowest BCUT2D eigenvalue weighted by molar-refractivity contribution is 0.102. The van der Waals surface area contributed by atoms with E-state index < -0.39 is 0 Å². The van der Waals surface area contributed by atoms with E-state index >= 15 is 0 Å². The average Bonchev–Trinajstić information content (AvgIpc) is 3.06. The first-order valence-corrected chi connectivity index (χ1v) is 7.32. The number of aromatic nitrogens is 2. The standard InChI is InChI=1S/C16H10N4OS/c17-9-11-4-6-12(7-5-11)19-15(21)14-10-22-16(20-14)13-3-1-2-8-18-13/h1-8,10H,(H,19,21). The Balaban J connectivity index is 1.75. The summed E-state index contributed by atoms with van der Waals surface area (Å²) in [6.07, 6.45) is 1.69. The molecule has 22 heavy (non-hydrogen) atoms. The van der Waals surface area contributed by atoms with Gasteiger partial charge in [-0.1, -0.05) is 6.07 Å². The SMILES string of the molecule is N#Cc1ccc(NC(=O)c2csc(-c3ccccn3)n2)cc1. The minimum absolute atomic E-state index is 0.289. The van der Waals surface area contributed by atoms with Crippen LogP contribution in [-0.4, -0.2) is 15.9 Å². The number of hydrogen-bond donors (Lipinski definition) is 1. The van der Waals surface area contributed by atoms with Crippen molar-refractivity contribution < 1.29 is 4.79 Å². The van der Waals surface area contributed by atoms with Crippen LogP contribution in [0.2, 0.25) is 0 Å². The zero-order valence-corrected chi connectivity index (χ0v) is 12.2. The van der Waals surface area contributed by atoms with Gasteiger partial charge in [0, 0.05) is 17.3 Å². The van der Waals surface area contributed by atoms with Gasteiger partial charge in [-0.25, -0.2) is 4.98 Å². The van der Waals surface area contributed by atoms with Crippen molar-refractivity contribution in [3.63, 3.8) is 0 Å². The number of nitriles is 1. The van der Waals surface area contributed by atoms with Crippen LogP contribution < -0.4 is 5.32 Å². The normalized spacial score (nSPS) is 9.95. The van der Waals surface area contributed by atoms with Gasteiger partial charge in [0.2, 0.25) is 0 Å². The van der Waals surface area contributed by atoms with Gasteiger partial charge in [0.05, 0.1) is 17.3 Å². The molecule has 2 aromatic heterocycles. The molecule has 0 saturated heterocycles. The van der Waals surface area contributed by atoms with Crippen LogP contribution in [0.4, 0.5) is 5.69 Å². The summed E-state index contributed by atoms with van der Waals surface area (Å²) in [6.45, 7) is 0. The molecule has 0 spiro atoms. The number of hydrogen-bond acceptors (Lipinski definition) is 5. The van der Waals surface area contributed by atoms with Crippen molar-refractivity contribution in [2.45, 2.75) is 0 Å². The molecule has 1 N–H and O–H groups in total. The van der Waals surface area contributed by atoms with E-state index in [1.165, 1.54) is 11.3 Å². The Morgan fingerprint density at radius 1 is 1.18 bits per heavy atom. The molecule has 0 bridgehead atoms. The van der Waals surface area contributed by atoms with Crippen LogP contribution in [0.1, 0.15) is 16.1 Å². The van der Waals surface area contributed by atoms with E-state index in [0.717, 1.165) is 5.69 Å². The monoisotopic (exact) mass is 306 g/mol. The third-order valence-corrected chi connectivity index (χ3v) is 3.76. The molecule has 0 unspecified atom stereocenters. The summed E-state index contributed by atoms with van der Waals surface area (Å²) in [5.74, 6) is -0.289. The Kier molecular flexibility index (Phi) is 3.90. The highest BCUT2D eigenvalue weighted by atomic mass is 32.1. The van der Waals surface area contributed by atoms with Gasteiger partial charge < -0.3 is 5.32 Å². The van der Waals surface area contributed by atoms with E-state index in [9.17, 15) is 4.79 Å². The van der Waals surface area contributed by atoms with Gasteiger partial charge in [-0.05, 0) is 36.4 Å². The summed E-state index contributed by atoms with van der Waals surface area (Å²) in [7, 11) is 0. The van der Waals surface area contributed by atoms with Crippen LogP contribution in [0.3, 0.4) is 0 Å². The highest BCUT2D eigenvalue weighted by molar-refractivity contribution is 7.13. The smallest absolute Gasteiger partial charge is 0.275 e. The Morgan fingerprint density at radius 2 is 2.00 bits per heavy atom. The van der Waals surface area contributed by atoms with Crippen LogP contribution >= 0.6 is 11.3 Å². The quantitative estimate of drug-likeness (QED) is 0.805. The van der Waals surface area contributed by atoms with Crippen LogP contribution in [-0.2, 0) is 0 Å². The number of carbonyl (C=O) groups excluding carboxylic acids is 1. The Hall–Kier alpha value is -3.04. The van der Waals surface area contributed by atoms with Crippen LogP contribution in [0.5, 0.6) is 0 Å². The van der Waals surface area contributed by atoms with Gasteiger partial charge in [0.25, 0.3) is 5.91 Å². The highest BCUT2D eigenvalue weighted by Crippen LogP contribution is 2.22. The first kappa shape index (κ1) is 13.9. The van der Waals surface area contributed by atoms with E-state index in [1.54, 1.807) is 35.8 Å². The van der Waals surface area contributed by atoms with Gasteiger partial charge in [-0.3, -0.25) is 9.78 Å². The number of rotatable bonds is 3. The largest absolute Gasteiger partial charge is 0.321 e. The zero-order valence-electron chi connectivity index (χ0n) is 11.4. The highest BCUT2D eigenvalue weighted by Gasteiger charge is 2.12. The predicted octanol–water partition coefficient (Wildman–Crippen LogP) is 3.33. The molecule has 5 nitrogen and oxygen atoms in total. The number of carbonyl (C=O) groups is 1. The zero-order chi connectivity index (χ0) is 15.4. The molecule has 0 radical (unpaired) electrons. The molecular weight excluding hydrogens is 296 g/mol. The first-order valence-electron chi connectivity index (χ1n) is 6.45. The van der Waals surface area contributed by atoms with Crippen molar-refractivity contribution in [2.24, 2.45) is 0 Å².